The fraction of sp³-hybridized carbons (Fsp3) is 0.0588. The highest BCUT2D eigenvalue weighted by Crippen LogP contribution is 2.29. The maximum absolute atomic E-state index is 12.4. The molecule has 24 heavy (non-hydrogen) atoms. The summed E-state index contributed by atoms with van der Waals surface area (Å²) in [5.74, 6) is 0.403. The number of carbonyl (C=O) groups excluding carboxylic acids is 1. The molecule has 118 valence electrons. The van der Waals surface area contributed by atoms with E-state index in [-0.39, 0.29) is 5.91 Å². The van der Waals surface area contributed by atoms with Gasteiger partial charge in [-0.05, 0) is 25.1 Å². The van der Waals surface area contributed by atoms with Gasteiger partial charge < -0.3 is 4.52 Å². The first-order valence-electron chi connectivity index (χ1n) is 7.27. The number of aryl methyl sites for hydroxylation is 1. The molecule has 0 aliphatic heterocycles. The summed E-state index contributed by atoms with van der Waals surface area (Å²) in [6.45, 7) is 1.84. The summed E-state index contributed by atoms with van der Waals surface area (Å²) >= 11 is 1.33. The van der Waals surface area contributed by atoms with Crippen molar-refractivity contribution in [2.45, 2.75) is 6.92 Å². The van der Waals surface area contributed by atoms with E-state index in [0.29, 0.717) is 22.0 Å². The number of hydrogen-bond acceptors (Lipinski definition) is 6. The molecule has 0 saturated heterocycles. The van der Waals surface area contributed by atoms with Gasteiger partial charge in [0.25, 0.3) is 5.91 Å². The van der Waals surface area contributed by atoms with Gasteiger partial charge in [0.1, 0.15) is 10.5 Å². The van der Waals surface area contributed by atoms with Crippen molar-refractivity contribution in [1.82, 2.24) is 15.4 Å². The molecule has 0 aliphatic rings. The van der Waals surface area contributed by atoms with Crippen molar-refractivity contribution < 1.29 is 9.32 Å². The Labute approximate surface area is 141 Å². The first-order valence-corrected chi connectivity index (χ1v) is 8.09. The van der Waals surface area contributed by atoms with Crippen LogP contribution < -0.4 is 5.32 Å². The second-order valence-electron chi connectivity index (χ2n) is 5.19. The molecule has 1 N–H and O–H groups in total. The number of rotatable bonds is 3. The third kappa shape index (κ3) is 2.65. The molecule has 0 aliphatic carbocycles. The van der Waals surface area contributed by atoms with Crippen molar-refractivity contribution in [3.05, 3.63) is 59.1 Å². The largest absolute Gasteiger partial charge is 0.355 e. The predicted molar refractivity (Wildman–Crippen MR) is 92.0 cm³/mol. The molecule has 6 nitrogen and oxygen atoms in total. The fourth-order valence-electron chi connectivity index (χ4n) is 2.40. The molecule has 2 heterocycles. The Morgan fingerprint density at radius 3 is 2.71 bits per heavy atom. The van der Waals surface area contributed by atoms with E-state index in [2.05, 4.69) is 20.7 Å². The molecule has 0 spiro atoms. The van der Waals surface area contributed by atoms with Crippen LogP contribution in [0.25, 0.3) is 22.2 Å². The van der Waals surface area contributed by atoms with E-state index in [1.54, 1.807) is 18.2 Å². The van der Waals surface area contributed by atoms with Gasteiger partial charge in [-0.3, -0.25) is 10.1 Å². The van der Waals surface area contributed by atoms with Crippen LogP contribution in [0.15, 0.2) is 53.1 Å². The Morgan fingerprint density at radius 1 is 1.12 bits per heavy atom. The Hall–Kier alpha value is -3.06. The maximum Gasteiger partial charge on any atom is 0.257 e. The normalized spacial score (nSPS) is 10.9. The van der Waals surface area contributed by atoms with Crippen LogP contribution in [0.5, 0.6) is 0 Å². The van der Waals surface area contributed by atoms with Crippen molar-refractivity contribution >= 4 is 33.3 Å². The van der Waals surface area contributed by atoms with Gasteiger partial charge in [-0.25, -0.2) is 0 Å². The van der Waals surface area contributed by atoms with Crippen LogP contribution in [0.2, 0.25) is 0 Å². The van der Waals surface area contributed by atoms with E-state index in [9.17, 15) is 4.79 Å². The number of carbonyl (C=O) groups is 1. The summed E-state index contributed by atoms with van der Waals surface area (Å²) in [5.41, 5.74) is 2.13. The number of aromatic nitrogens is 3. The zero-order valence-electron chi connectivity index (χ0n) is 12.7. The van der Waals surface area contributed by atoms with Crippen LogP contribution in [-0.4, -0.2) is 21.3 Å². The van der Waals surface area contributed by atoms with Crippen molar-refractivity contribution in [3.8, 4) is 11.3 Å². The summed E-state index contributed by atoms with van der Waals surface area (Å²) in [6.07, 6.45) is 0. The number of amides is 1. The van der Waals surface area contributed by atoms with Gasteiger partial charge in [0.15, 0.2) is 5.76 Å². The quantitative estimate of drug-likeness (QED) is 0.613. The van der Waals surface area contributed by atoms with E-state index in [1.165, 1.54) is 11.3 Å². The lowest BCUT2D eigenvalue weighted by molar-refractivity contribution is 0.102. The molecule has 4 aromatic rings. The zero-order valence-corrected chi connectivity index (χ0v) is 13.5. The number of nitrogens with zero attached hydrogens (tertiary/aromatic N) is 3. The Kier molecular flexibility index (Phi) is 3.55. The number of fused-ring (bicyclic) bond motifs is 1. The molecule has 2 aromatic carbocycles. The molecule has 7 heteroatoms. The summed E-state index contributed by atoms with van der Waals surface area (Å²) in [7, 11) is 0. The van der Waals surface area contributed by atoms with E-state index in [1.807, 2.05) is 37.3 Å². The first kappa shape index (κ1) is 14.5. The standard InChI is InChI=1S/C17H12N4O2S/c1-10-19-20-17(24-10)18-16(22)12-7-8-14-13(9-12)15(23-21-14)11-5-3-2-4-6-11/h2-9H,1H3,(H,18,20,22). The molecule has 0 atom stereocenters. The van der Waals surface area contributed by atoms with Crippen LogP contribution in [0.3, 0.4) is 0 Å². The highest BCUT2D eigenvalue weighted by atomic mass is 32.1. The fourth-order valence-corrected chi connectivity index (χ4v) is 2.98. The summed E-state index contributed by atoms with van der Waals surface area (Å²) in [5, 5.41) is 16.7. The molecule has 0 saturated carbocycles. The topological polar surface area (TPSA) is 80.9 Å². The van der Waals surface area contributed by atoms with Gasteiger partial charge >= 0.3 is 0 Å². The van der Waals surface area contributed by atoms with Gasteiger partial charge in [-0.2, -0.15) is 0 Å². The summed E-state index contributed by atoms with van der Waals surface area (Å²) in [6, 6.07) is 14.9. The molecule has 0 radical (unpaired) electrons. The molecular formula is C17H12N4O2S. The van der Waals surface area contributed by atoms with E-state index in [0.717, 1.165) is 16.0 Å². The van der Waals surface area contributed by atoms with Gasteiger partial charge in [0.2, 0.25) is 5.13 Å². The smallest absolute Gasteiger partial charge is 0.257 e. The average Bonchev–Trinajstić information content (AvgIpc) is 3.21. The third-order valence-electron chi connectivity index (χ3n) is 3.52. The van der Waals surface area contributed by atoms with Crippen molar-refractivity contribution in [2.24, 2.45) is 0 Å². The van der Waals surface area contributed by atoms with Gasteiger partial charge in [-0.15, -0.1) is 10.2 Å². The highest BCUT2D eigenvalue weighted by Gasteiger charge is 2.15. The summed E-state index contributed by atoms with van der Waals surface area (Å²) in [4.78, 5) is 12.4. The Morgan fingerprint density at radius 2 is 1.96 bits per heavy atom. The summed E-state index contributed by atoms with van der Waals surface area (Å²) < 4.78 is 5.46. The number of benzene rings is 2. The molecule has 4 rings (SSSR count). The van der Waals surface area contributed by atoms with E-state index in [4.69, 9.17) is 4.52 Å². The average molecular weight is 336 g/mol. The minimum atomic E-state index is -0.242. The Bertz CT molecular complexity index is 1020. The van der Waals surface area contributed by atoms with Crippen molar-refractivity contribution in [1.29, 1.82) is 0 Å². The molecule has 2 aromatic heterocycles. The lowest BCUT2D eigenvalue weighted by Gasteiger charge is -2.01. The lowest BCUT2D eigenvalue weighted by atomic mass is 10.1. The molecule has 0 unspecified atom stereocenters. The first-order chi connectivity index (χ1) is 11.7. The maximum atomic E-state index is 12.4. The molecule has 0 bridgehead atoms. The number of anilines is 1. The van der Waals surface area contributed by atoms with Gasteiger partial charge in [-0.1, -0.05) is 46.8 Å². The van der Waals surface area contributed by atoms with Crippen molar-refractivity contribution in [3.63, 3.8) is 0 Å². The van der Waals surface area contributed by atoms with Crippen LogP contribution in [0.1, 0.15) is 15.4 Å². The molecular weight excluding hydrogens is 324 g/mol. The minimum absolute atomic E-state index is 0.242. The lowest BCUT2D eigenvalue weighted by Crippen LogP contribution is -2.11. The van der Waals surface area contributed by atoms with Crippen LogP contribution >= 0.6 is 11.3 Å². The van der Waals surface area contributed by atoms with Crippen LogP contribution in [0, 0.1) is 6.92 Å². The SMILES string of the molecule is Cc1nnc(NC(=O)c2ccc3noc(-c4ccccc4)c3c2)s1. The highest BCUT2D eigenvalue weighted by molar-refractivity contribution is 7.15. The number of nitrogens with one attached hydrogen (secondary N) is 1. The predicted octanol–water partition coefficient (Wildman–Crippen LogP) is 3.91. The van der Waals surface area contributed by atoms with E-state index < -0.39 is 0 Å². The van der Waals surface area contributed by atoms with Crippen molar-refractivity contribution in [2.75, 3.05) is 5.32 Å². The van der Waals surface area contributed by atoms with E-state index >= 15 is 0 Å². The zero-order chi connectivity index (χ0) is 16.5. The monoisotopic (exact) mass is 336 g/mol. The minimum Gasteiger partial charge on any atom is -0.355 e. The second-order valence-corrected chi connectivity index (χ2v) is 6.37. The Balaban J connectivity index is 1.71. The van der Waals surface area contributed by atoms with Crippen LogP contribution in [0.4, 0.5) is 5.13 Å². The number of hydrogen-bond donors (Lipinski definition) is 1. The van der Waals surface area contributed by atoms with Crippen LogP contribution in [-0.2, 0) is 0 Å². The van der Waals surface area contributed by atoms with Gasteiger partial charge in [0.05, 0.1) is 5.39 Å². The third-order valence-corrected chi connectivity index (χ3v) is 4.28. The molecule has 1 amide bonds. The molecule has 0 fully saturated rings. The second kappa shape index (κ2) is 5.86. The van der Waals surface area contributed by atoms with Gasteiger partial charge in [0, 0.05) is 11.1 Å².